The first-order chi connectivity index (χ1) is 14.4. The molecule has 1 aromatic heterocycles. The predicted molar refractivity (Wildman–Crippen MR) is 119 cm³/mol. The molecule has 4 rings (SSSR count). The monoisotopic (exact) mass is 442 g/mol. The molecule has 1 aliphatic rings. The normalized spacial score (nSPS) is 13.6. The molecule has 5 nitrogen and oxygen atoms in total. The molecule has 0 bridgehead atoms. The van der Waals surface area contributed by atoms with Gasteiger partial charge in [0.25, 0.3) is 5.91 Å². The molecule has 0 radical (unpaired) electrons. The van der Waals surface area contributed by atoms with Crippen LogP contribution in [-0.4, -0.2) is 34.9 Å². The van der Waals surface area contributed by atoms with E-state index in [0.717, 1.165) is 22.0 Å². The van der Waals surface area contributed by atoms with Crippen LogP contribution in [0.5, 0.6) is 0 Å². The third-order valence-electron chi connectivity index (χ3n) is 5.22. The van der Waals surface area contributed by atoms with Crippen molar-refractivity contribution in [3.8, 4) is 0 Å². The summed E-state index contributed by atoms with van der Waals surface area (Å²) in [6.45, 7) is 4.41. The van der Waals surface area contributed by atoms with Crippen molar-refractivity contribution < 1.29 is 14.3 Å². The average molecular weight is 443 g/mol. The van der Waals surface area contributed by atoms with Crippen LogP contribution in [0.25, 0.3) is 16.5 Å². The maximum atomic E-state index is 13.2. The van der Waals surface area contributed by atoms with E-state index in [1.54, 1.807) is 25.3 Å². The zero-order valence-corrected chi connectivity index (χ0v) is 18.1. The number of carbonyl (C=O) groups excluding carboxylic acids is 2. The molecule has 1 aliphatic heterocycles. The van der Waals surface area contributed by atoms with Crippen molar-refractivity contribution in [3.05, 3.63) is 75.0 Å². The van der Waals surface area contributed by atoms with Gasteiger partial charge in [-0.05, 0) is 49.6 Å². The summed E-state index contributed by atoms with van der Waals surface area (Å²) in [4.78, 5) is 30.9. The summed E-state index contributed by atoms with van der Waals surface area (Å²) in [5.74, 6) is -0.783. The van der Waals surface area contributed by atoms with Gasteiger partial charge >= 0.3 is 5.97 Å². The molecule has 1 N–H and O–H groups in total. The molecule has 1 amide bonds. The van der Waals surface area contributed by atoms with Crippen LogP contribution in [0.3, 0.4) is 0 Å². The molecular formula is C23H20Cl2N2O3. The standard InChI is InChI=1S/C23H20Cl2N2O3/c1-3-30-23(29)18-12-27(22(28)17-8-7-14(24)11-19(17)25)10-9-16-15-6-4-5-13(2)20(15)26-21(16)18/h4-8,11-12,26H,3,9-10H2,1-2H3. The van der Waals surface area contributed by atoms with Crippen molar-refractivity contribution >= 4 is 51.6 Å². The lowest BCUT2D eigenvalue weighted by atomic mass is 10.0. The minimum atomic E-state index is -0.482. The highest BCUT2D eigenvalue weighted by Crippen LogP contribution is 2.33. The minimum Gasteiger partial charge on any atom is -0.462 e. The number of para-hydroxylation sites is 1. The molecule has 0 fully saturated rings. The molecule has 0 atom stereocenters. The molecule has 0 unspecified atom stereocenters. The van der Waals surface area contributed by atoms with Gasteiger partial charge in [0.1, 0.15) is 0 Å². The molecule has 2 heterocycles. The maximum Gasteiger partial charge on any atom is 0.341 e. The number of H-pyrrole nitrogens is 1. The van der Waals surface area contributed by atoms with Crippen molar-refractivity contribution in [1.82, 2.24) is 9.88 Å². The molecule has 30 heavy (non-hydrogen) atoms. The van der Waals surface area contributed by atoms with Crippen LogP contribution in [0.15, 0.2) is 42.6 Å². The summed E-state index contributed by atoms with van der Waals surface area (Å²) in [6.07, 6.45) is 2.14. The highest BCUT2D eigenvalue weighted by atomic mass is 35.5. The molecule has 0 saturated heterocycles. The smallest absolute Gasteiger partial charge is 0.341 e. The summed E-state index contributed by atoms with van der Waals surface area (Å²) in [5, 5.41) is 1.76. The second kappa shape index (κ2) is 8.17. The second-order valence-corrected chi connectivity index (χ2v) is 7.96. The van der Waals surface area contributed by atoms with Crippen molar-refractivity contribution in [1.29, 1.82) is 0 Å². The number of hydrogen-bond donors (Lipinski definition) is 1. The van der Waals surface area contributed by atoms with Gasteiger partial charge in [-0.1, -0.05) is 41.4 Å². The Labute approximate surface area is 184 Å². The van der Waals surface area contributed by atoms with Crippen LogP contribution < -0.4 is 0 Å². The zero-order chi connectivity index (χ0) is 21.4. The van der Waals surface area contributed by atoms with E-state index in [2.05, 4.69) is 4.98 Å². The van der Waals surface area contributed by atoms with E-state index < -0.39 is 5.97 Å². The summed E-state index contributed by atoms with van der Waals surface area (Å²) in [7, 11) is 0. The van der Waals surface area contributed by atoms with Crippen molar-refractivity contribution in [2.24, 2.45) is 0 Å². The highest BCUT2D eigenvalue weighted by molar-refractivity contribution is 6.36. The Hall–Kier alpha value is -2.76. The summed E-state index contributed by atoms with van der Waals surface area (Å²) >= 11 is 12.2. The summed E-state index contributed by atoms with van der Waals surface area (Å²) in [5.41, 5.74) is 4.40. The number of carbonyl (C=O) groups is 2. The Kier molecular flexibility index (Phi) is 5.58. The predicted octanol–water partition coefficient (Wildman–Crippen LogP) is 5.39. The molecule has 3 aromatic rings. The lowest BCUT2D eigenvalue weighted by Crippen LogP contribution is -2.28. The van der Waals surface area contributed by atoms with Gasteiger partial charge in [-0.15, -0.1) is 0 Å². The molecule has 2 aromatic carbocycles. The lowest BCUT2D eigenvalue weighted by molar-refractivity contribution is -0.136. The van der Waals surface area contributed by atoms with Crippen LogP contribution in [-0.2, 0) is 16.0 Å². The number of aromatic nitrogens is 1. The van der Waals surface area contributed by atoms with E-state index in [9.17, 15) is 9.59 Å². The van der Waals surface area contributed by atoms with E-state index in [1.807, 2.05) is 25.1 Å². The number of benzene rings is 2. The number of aromatic amines is 1. The van der Waals surface area contributed by atoms with E-state index in [0.29, 0.717) is 34.8 Å². The van der Waals surface area contributed by atoms with Gasteiger partial charge in [0.15, 0.2) is 0 Å². The minimum absolute atomic E-state index is 0.238. The Morgan fingerprint density at radius 2 is 2.00 bits per heavy atom. The van der Waals surface area contributed by atoms with E-state index >= 15 is 0 Å². The number of rotatable bonds is 3. The first-order valence-corrected chi connectivity index (χ1v) is 10.4. The number of hydrogen-bond acceptors (Lipinski definition) is 3. The number of nitrogens with one attached hydrogen (secondary N) is 1. The van der Waals surface area contributed by atoms with Crippen molar-refractivity contribution in [2.45, 2.75) is 20.3 Å². The van der Waals surface area contributed by atoms with E-state index in [-0.39, 0.29) is 17.5 Å². The third-order valence-corrected chi connectivity index (χ3v) is 5.77. The molecule has 154 valence electrons. The zero-order valence-electron chi connectivity index (χ0n) is 16.6. The van der Waals surface area contributed by atoms with Gasteiger partial charge in [-0.2, -0.15) is 0 Å². The van der Waals surface area contributed by atoms with Gasteiger partial charge in [-0.25, -0.2) is 4.79 Å². The quantitative estimate of drug-likeness (QED) is 0.553. The maximum absolute atomic E-state index is 13.2. The molecule has 0 aliphatic carbocycles. The summed E-state index contributed by atoms with van der Waals surface area (Å²) in [6, 6.07) is 10.8. The van der Waals surface area contributed by atoms with Crippen molar-refractivity contribution in [2.75, 3.05) is 13.2 Å². The number of halogens is 2. The molecule has 0 saturated carbocycles. The van der Waals surface area contributed by atoms with E-state index in [4.69, 9.17) is 27.9 Å². The van der Waals surface area contributed by atoms with Crippen LogP contribution in [0.4, 0.5) is 0 Å². The number of fused-ring (bicyclic) bond motifs is 3. The van der Waals surface area contributed by atoms with Gasteiger partial charge in [0.05, 0.1) is 28.5 Å². The number of ether oxygens (including phenoxy) is 1. The Morgan fingerprint density at radius 3 is 2.73 bits per heavy atom. The molecule has 7 heteroatoms. The Bertz CT molecular complexity index is 1200. The first-order valence-electron chi connectivity index (χ1n) is 9.66. The van der Waals surface area contributed by atoms with Gasteiger partial charge in [0.2, 0.25) is 0 Å². The Balaban J connectivity index is 1.83. The fourth-order valence-corrected chi connectivity index (χ4v) is 4.26. The number of aryl methyl sites for hydroxylation is 1. The molecular weight excluding hydrogens is 423 g/mol. The summed E-state index contributed by atoms with van der Waals surface area (Å²) < 4.78 is 5.28. The third kappa shape index (κ3) is 3.59. The van der Waals surface area contributed by atoms with Crippen LogP contribution in [0, 0.1) is 6.92 Å². The average Bonchev–Trinajstić information content (AvgIpc) is 2.97. The van der Waals surface area contributed by atoms with E-state index in [1.165, 1.54) is 11.0 Å². The fourth-order valence-electron chi connectivity index (χ4n) is 3.77. The largest absolute Gasteiger partial charge is 0.462 e. The van der Waals surface area contributed by atoms with Crippen molar-refractivity contribution in [3.63, 3.8) is 0 Å². The van der Waals surface area contributed by atoms with Gasteiger partial charge in [0, 0.05) is 28.7 Å². The SMILES string of the molecule is CCOC(=O)C1=CN(C(=O)c2ccc(Cl)cc2Cl)CCc2c1[nH]c1c(C)cccc21. The van der Waals surface area contributed by atoms with Crippen LogP contribution >= 0.6 is 23.2 Å². The first kappa shape index (κ1) is 20.5. The van der Waals surface area contributed by atoms with Crippen LogP contribution in [0.2, 0.25) is 10.0 Å². The van der Waals surface area contributed by atoms with Gasteiger partial charge in [-0.3, -0.25) is 4.79 Å². The second-order valence-electron chi connectivity index (χ2n) is 7.11. The molecule has 0 spiro atoms. The van der Waals surface area contributed by atoms with Crippen LogP contribution in [0.1, 0.15) is 34.1 Å². The van der Waals surface area contributed by atoms with Gasteiger partial charge < -0.3 is 14.6 Å². The number of nitrogens with zero attached hydrogens (tertiary/aromatic N) is 1. The topological polar surface area (TPSA) is 62.4 Å². The Morgan fingerprint density at radius 1 is 1.20 bits per heavy atom. The lowest BCUT2D eigenvalue weighted by Gasteiger charge is -2.18. The highest BCUT2D eigenvalue weighted by Gasteiger charge is 2.28. The number of amides is 1. The fraction of sp³-hybridized carbons (Fsp3) is 0.217. The number of esters is 1.